The van der Waals surface area contributed by atoms with Gasteiger partial charge in [-0.25, -0.2) is 0 Å². The lowest BCUT2D eigenvalue weighted by atomic mass is 9.99. The van der Waals surface area contributed by atoms with Gasteiger partial charge in [-0.05, 0) is 76.9 Å². The first-order valence-corrected chi connectivity index (χ1v) is 8.99. The lowest BCUT2D eigenvalue weighted by Gasteiger charge is -2.10. The second-order valence-corrected chi connectivity index (χ2v) is 6.85. The first-order valence-electron chi connectivity index (χ1n) is 7.91. The Balaban J connectivity index is 1.73. The molecule has 0 aromatic heterocycles. The lowest BCUT2D eigenvalue weighted by Crippen LogP contribution is -2.14. The summed E-state index contributed by atoms with van der Waals surface area (Å²) in [6, 6.07) is 26.0. The number of aryl methyl sites for hydroxylation is 2. The van der Waals surface area contributed by atoms with Crippen molar-refractivity contribution in [3.05, 3.63) is 99.1 Å². The highest BCUT2D eigenvalue weighted by Gasteiger charge is 2.11. The maximum atomic E-state index is 12.6. The molecule has 0 unspecified atom stereocenters. The molecular weight excluding hydrogens is 409 g/mol. The number of carbonyl (C=O) groups excluding carboxylic acids is 1. The molecular formula is C21H18INO. The Hall–Kier alpha value is -2.14. The lowest BCUT2D eigenvalue weighted by molar-refractivity contribution is 0.102. The molecule has 0 fully saturated rings. The summed E-state index contributed by atoms with van der Waals surface area (Å²) in [5, 5.41) is 2.98. The molecule has 0 saturated carbocycles. The largest absolute Gasteiger partial charge is 0.322 e. The Bertz CT molecular complexity index is 813. The van der Waals surface area contributed by atoms with E-state index in [4.69, 9.17) is 0 Å². The van der Waals surface area contributed by atoms with E-state index in [1.54, 1.807) is 0 Å². The molecule has 0 saturated heterocycles. The molecule has 1 amide bonds. The van der Waals surface area contributed by atoms with Gasteiger partial charge in [0.05, 0.1) is 0 Å². The van der Waals surface area contributed by atoms with Crippen LogP contribution < -0.4 is 5.32 Å². The average molecular weight is 427 g/mol. The van der Waals surface area contributed by atoms with E-state index in [0.717, 1.165) is 33.2 Å². The molecule has 2 nitrogen and oxygen atoms in total. The normalized spacial score (nSPS) is 10.4. The third kappa shape index (κ3) is 4.45. The van der Waals surface area contributed by atoms with E-state index in [-0.39, 0.29) is 5.91 Å². The second-order valence-electron chi connectivity index (χ2n) is 5.60. The number of carbonyl (C=O) groups is 1. The zero-order valence-corrected chi connectivity index (χ0v) is 15.4. The SMILES string of the molecule is O=C(Nc1ccc(I)cc1)c1ccccc1CCc1ccccc1. The van der Waals surface area contributed by atoms with Crippen molar-refractivity contribution in [3.8, 4) is 0 Å². The molecule has 0 aliphatic heterocycles. The summed E-state index contributed by atoms with van der Waals surface area (Å²) in [6.07, 6.45) is 1.77. The van der Waals surface area contributed by atoms with Crippen molar-refractivity contribution in [1.29, 1.82) is 0 Å². The second kappa shape index (κ2) is 8.11. The molecule has 3 rings (SSSR count). The topological polar surface area (TPSA) is 29.1 Å². The predicted octanol–water partition coefficient (Wildman–Crippen LogP) is 5.33. The number of halogens is 1. The molecule has 0 aliphatic carbocycles. The average Bonchev–Trinajstić information content (AvgIpc) is 2.63. The molecule has 24 heavy (non-hydrogen) atoms. The van der Waals surface area contributed by atoms with Crippen molar-refractivity contribution in [2.45, 2.75) is 12.8 Å². The Morgan fingerprint density at radius 3 is 2.21 bits per heavy atom. The number of amides is 1. The Morgan fingerprint density at radius 1 is 0.792 bits per heavy atom. The Kier molecular flexibility index (Phi) is 5.64. The third-order valence-electron chi connectivity index (χ3n) is 3.89. The van der Waals surface area contributed by atoms with Gasteiger partial charge in [0.25, 0.3) is 5.91 Å². The summed E-state index contributed by atoms with van der Waals surface area (Å²) in [5.41, 5.74) is 3.92. The van der Waals surface area contributed by atoms with Gasteiger partial charge >= 0.3 is 0 Å². The van der Waals surface area contributed by atoms with Gasteiger partial charge in [-0.2, -0.15) is 0 Å². The number of rotatable bonds is 5. The third-order valence-corrected chi connectivity index (χ3v) is 4.61. The summed E-state index contributed by atoms with van der Waals surface area (Å²) in [7, 11) is 0. The molecule has 3 aromatic carbocycles. The van der Waals surface area contributed by atoms with Gasteiger partial charge in [-0.3, -0.25) is 4.79 Å². The predicted molar refractivity (Wildman–Crippen MR) is 107 cm³/mol. The van der Waals surface area contributed by atoms with E-state index in [0.29, 0.717) is 0 Å². The van der Waals surface area contributed by atoms with E-state index in [1.807, 2.05) is 66.7 Å². The summed E-state index contributed by atoms with van der Waals surface area (Å²) < 4.78 is 1.15. The molecule has 0 heterocycles. The van der Waals surface area contributed by atoms with E-state index in [9.17, 15) is 4.79 Å². The van der Waals surface area contributed by atoms with Crippen molar-refractivity contribution < 1.29 is 4.79 Å². The number of hydrogen-bond donors (Lipinski definition) is 1. The van der Waals surface area contributed by atoms with Crippen LogP contribution in [-0.2, 0) is 12.8 Å². The fourth-order valence-corrected chi connectivity index (χ4v) is 2.97. The minimum atomic E-state index is -0.0557. The van der Waals surface area contributed by atoms with Crippen LogP contribution in [0.2, 0.25) is 0 Å². The van der Waals surface area contributed by atoms with Crippen LogP contribution in [0.25, 0.3) is 0 Å². The van der Waals surface area contributed by atoms with E-state index in [1.165, 1.54) is 5.56 Å². The molecule has 1 N–H and O–H groups in total. The molecule has 0 atom stereocenters. The summed E-state index contributed by atoms with van der Waals surface area (Å²) in [4.78, 5) is 12.6. The van der Waals surface area contributed by atoms with Gasteiger partial charge in [-0.1, -0.05) is 48.5 Å². The maximum absolute atomic E-state index is 12.6. The van der Waals surface area contributed by atoms with Crippen LogP contribution in [0, 0.1) is 3.57 Å². The minimum Gasteiger partial charge on any atom is -0.322 e. The van der Waals surface area contributed by atoms with Crippen LogP contribution >= 0.6 is 22.6 Å². The van der Waals surface area contributed by atoms with Crippen LogP contribution in [0.1, 0.15) is 21.5 Å². The zero-order valence-electron chi connectivity index (χ0n) is 13.2. The van der Waals surface area contributed by atoms with Crippen LogP contribution in [0.4, 0.5) is 5.69 Å². The molecule has 3 aromatic rings. The fourth-order valence-electron chi connectivity index (χ4n) is 2.62. The van der Waals surface area contributed by atoms with Crippen LogP contribution in [0.5, 0.6) is 0 Å². The van der Waals surface area contributed by atoms with Gasteiger partial charge in [0.15, 0.2) is 0 Å². The van der Waals surface area contributed by atoms with Crippen molar-refractivity contribution >= 4 is 34.2 Å². The van der Waals surface area contributed by atoms with Crippen molar-refractivity contribution in [2.75, 3.05) is 5.32 Å². The van der Waals surface area contributed by atoms with Crippen molar-refractivity contribution in [1.82, 2.24) is 0 Å². The quantitative estimate of drug-likeness (QED) is 0.548. The number of nitrogens with one attached hydrogen (secondary N) is 1. The first-order chi connectivity index (χ1) is 11.7. The molecule has 0 bridgehead atoms. The molecule has 0 spiro atoms. The summed E-state index contributed by atoms with van der Waals surface area (Å²) >= 11 is 2.25. The highest BCUT2D eigenvalue weighted by molar-refractivity contribution is 14.1. The van der Waals surface area contributed by atoms with Gasteiger partial charge in [-0.15, -0.1) is 0 Å². The molecule has 0 radical (unpaired) electrons. The van der Waals surface area contributed by atoms with Crippen molar-refractivity contribution in [2.24, 2.45) is 0 Å². The molecule has 3 heteroatoms. The smallest absolute Gasteiger partial charge is 0.255 e. The highest BCUT2D eigenvalue weighted by atomic mass is 127. The van der Waals surface area contributed by atoms with Gasteiger partial charge in [0, 0.05) is 14.8 Å². The summed E-state index contributed by atoms with van der Waals surface area (Å²) in [6.45, 7) is 0. The van der Waals surface area contributed by atoms with E-state index >= 15 is 0 Å². The van der Waals surface area contributed by atoms with Gasteiger partial charge in [0.1, 0.15) is 0 Å². The standard InChI is InChI=1S/C21H18INO/c22-18-12-14-19(15-13-18)23-21(24)20-9-5-4-8-17(20)11-10-16-6-2-1-3-7-16/h1-9,12-15H,10-11H2,(H,23,24). The zero-order chi connectivity index (χ0) is 16.8. The number of anilines is 1. The highest BCUT2D eigenvalue weighted by Crippen LogP contribution is 2.16. The molecule has 0 aliphatic rings. The van der Waals surface area contributed by atoms with Crippen molar-refractivity contribution in [3.63, 3.8) is 0 Å². The summed E-state index contributed by atoms with van der Waals surface area (Å²) in [5.74, 6) is -0.0557. The number of hydrogen-bond acceptors (Lipinski definition) is 1. The maximum Gasteiger partial charge on any atom is 0.255 e. The van der Waals surface area contributed by atoms with Gasteiger partial charge in [0.2, 0.25) is 0 Å². The van der Waals surface area contributed by atoms with Crippen LogP contribution in [0.15, 0.2) is 78.9 Å². The molecule has 120 valence electrons. The van der Waals surface area contributed by atoms with Crippen LogP contribution in [0.3, 0.4) is 0 Å². The van der Waals surface area contributed by atoms with Crippen LogP contribution in [-0.4, -0.2) is 5.91 Å². The Labute approximate surface area is 156 Å². The van der Waals surface area contributed by atoms with E-state index in [2.05, 4.69) is 40.0 Å². The minimum absolute atomic E-state index is 0.0557. The first kappa shape index (κ1) is 16.7. The monoisotopic (exact) mass is 427 g/mol. The van der Waals surface area contributed by atoms with E-state index < -0.39 is 0 Å². The fraction of sp³-hybridized carbons (Fsp3) is 0.0952. The number of benzene rings is 3. The Morgan fingerprint density at radius 2 is 1.46 bits per heavy atom. The van der Waals surface area contributed by atoms with Gasteiger partial charge < -0.3 is 5.32 Å².